The summed E-state index contributed by atoms with van der Waals surface area (Å²) in [7, 11) is 0. The van der Waals surface area contributed by atoms with Crippen molar-refractivity contribution in [1.82, 2.24) is 0 Å². The van der Waals surface area contributed by atoms with Crippen LogP contribution in [0, 0.1) is 0 Å². The van der Waals surface area contributed by atoms with Gasteiger partial charge in [-0.1, -0.05) is 24.3 Å². The van der Waals surface area contributed by atoms with Gasteiger partial charge in [-0.25, -0.2) is 0 Å². The minimum Gasteiger partial charge on any atom is -0.481 e. The molecule has 2 rings (SSSR count). The summed E-state index contributed by atoms with van der Waals surface area (Å²) in [6.07, 6.45) is 1.82. The summed E-state index contributed by atoms with van der Waals surface area (Å²) >= 11 is 0. The number of rotatable bonds is 2. The highest BCUT2D eigenvalue weighted by molar-refractivity contribution is 5.86. The van der Waals surface area contributed by atoms with Gasteiger partial charge in [0.2, 0.25) is 0 Å². The smallest absolute Gasteiger partial charge is 0.305 e. The van der Waals surface area contributed by atoms with Crippen LogP contribution in [-0.4, -0.2) is 17.3 Å². The van der Waals surface area contributed by atoms with Crippen molar-refractivity contribution in [2.45, 2.75) is 12.5 Å². The fourth-order valence-corrected chi connectivity index (χ4v) is 1.51. The van der Waals surface area contributed by atoms with E-state index in [4.69, 9.17) is 5.11 Å². The van der Waals surface area contributed by atoms with Crippen LogP contribution in [0.4, 0.5) is 0 Å². The van der Waals surface area contributed by atoms with E-state index in [0.29, 0.717) is 0 Å². The molecule has 3 heteroatoms. The molecule has 13 heavy (non-hydrogen) atoms. The number of carbonyl (C=O) groups is 1. The number of aliphatic carboxylic acids is 1. The molecule has 1 aromatic rings. The minimum absolute atomic E-state index is 0.0769. The molecule has 0 saturated heterocycles. The largest absolute Gasteiger partial charge is 0.481 e. The van der Waals surface area contributed by atoms with Gasteiger partial charge in [0.15, 0.2) is 0 Å². The van der Waals surface area contributed by atoms with Crippen LogP contribution in [-0.2, 0) is 4.79 Å². The normalized spacial score (nSPS) is 18.6. The summed E-state index contributed by atoms with van der Waals surface area (Å²) in [5, 5.41) is 8.63. The van der Waals surface area contributed by atoms with Gasteiger partial charge in [-0.15, -0.1) is 0 Å². The number of aliphatic imine (C=N–C) groups is 1. The molecule has 1 atom stereocenters. The molecular formula is C10H9NO2. The molecule has 1 aromatic carbocycles. The maximum atomic E-state index is 10.5. The molecule has 0 aliphatic carbocycles. The van der Waals surface area contributed by atoms with Gasteiger partial charge in [-0.05, 0) is 11.1 Å². The summed E-state index contributed by atoms with van der Waals surface area (Å²) in [4.78, 5) is 14.6. The molecule has 1 aliphatic rings. The monoisotopic (exact) mass is 175 g/mol. The van der Waals surface area contributed by atoms with Gasteiger partial charge in [0.1, 0.15) is 0 Å². The number of carboxylic acid groups (broad SMARTS) is 1. The fraction of sp³-hybridized carbons (Fsp3) is 0.200. The Labute approximate surface area is 75.7 Å². The van der Waals surface area contributed by atoms with Gasteiger partial charge >= 0.3 is 5.97 Å². The summed E-state index contributed by atoms with van der Waals surface area (Å²) in [5.74, 6) is -0.807. The van der Waals surface area contributed by atoms with Gasteiger partial charge in [0, 0.05) is 6.21 Å². The molecule has 0 aromatic heterocycles. The molecule has 66 valence electrons. The van der Waals surface area contributed by atoms with E-state index in [2.05, 4.69) is 4.99 Å². The van der Waals surface area contributed by atoms with Crippen LogP contribution < -0.4 is 0 Å². The molecule has 0 saturated carbocycles. The third-order valence-electron chi connectivity index (χ3n) is 2.12. The molecule has 0 radical (unpaired) electrons. The fourth-order valence-electron chi connectivity index (χ4n) is 1.51. The quantitative estimate of drug-likeness (QED) is 0.742. The standard InChI is InChI=1S/C10H9NO2/c12-10(13)5-9-8-4-2-1-3-7(8)6-11-9/h1-4,6,9H,5H2,(H,12,13). The molecule has 0 amide bonds. The van der Waals surface area contributed by atoms with Crippen molar-refractivity contribution in [3.63, 3.8) is 0 Å². The zero-order chi connectivity index (χ0) is 9.26. The minimum atomic E-state index is -0.807. The van der Waals surface area contributed by atoms with Crippen LogP contribution in [0.3, 0.4) is 0 Å². The van der Waals surface area contributed by atoms with Crippen LogP contribution >= 0.6 is 0 Å². The first-order chi connectivity index (χ1) is 6.27. The first kappa shape index (κ1) is 7.98. The Morgan fingerprint density at radius 1 is 1.46 bits per heavy atom. The molecule has 0 fully saturated rings. The van der Waals surface area contributed by atoms with E-state index in [1.54, 1.807) is 6.21 Å². The SMILES string of the molecule is O=C(O)CC1N=Cc2ccccc21. The molecule has 1 N–H and O–H groups in total. The van der Waals surface area contributed by atoms with Crippen LogP contribution in [0.1, 0.15) is 23.6 Å². The topological polar surface area (TPSA) is 49.7 Å². The molecule has 1 aliphatic heterocycles. The number of fused-ring (bicyclic) bond motifs is 1. The lowest BCUT2D eigenvalue weighted by molar-refractivity contribution is -0.137. The van der Waals surface area contributed by atoms with Crippen molar-refractivity contribution >= 4 is 12.2 Å². The average molecular weight is 175 g/mol. The number of carboxylic acids is 1. The van der Waals surface area contributed by atoms with Crippen molar-refractivity contribution in [3.8, 4) is 0 Å². The van der Waals surface area contributed by atoms with E-state index in [1.165, 1.54) is 0 Å². The third-order valence-corrected chi connectivity index (χ3v) is 2.12. The van der Waals surface area contributed by atoms with E-state index in [9.17, 15) is 4.79 Å². The molecule has 3 nitrogen and oxygen atoms in total. The Hall–Kier alpha value is -1.64. The Balaban J connectivity index is 2.28. The second-order valence-electron chi connectivity index (χ2n) is 3.02. The zero-order valence-corrected chi connectivity index (χ0v) is 6.97. The average Bonchev–Trinajstić information content (AvgIpc) is 2.48. The van der Waals surface area contributed by atoms with Gasteiger partial charge in [-0.3, -0.25) is 9.79 Å². The predicted molar refractivity (Wildman–Crippen MR) is 49.0 cm³/mol. The lowest BCUT2D eigenvalue weighted by atomic mass is 10.0. The first-order valence-corrected chi connectivity index (χ1v) is 4.11. The number of nitrogens with zero attached hydrogens (tertiary/aromatic N) is 1. The highest BCUT2D eigenvalue weighted by atomic mass is 16.4. The number of benzene rings is 1. The summed E-state index contributed by atoms with van der Waals surface area (Å²) < 4.78 is 0. The second-order valence-corrected chi connectivity index (χ2v) is 3.02. The molecular weight excluding hydrogens is 166 g/mol. The molecule has 1 heterocycles. The predicted octanol–water partition coefficient (Wildman–Crippen LogP) is 1.63. The maximum absolute atomic E-state index is 10.5. The van der Waals surface area contributed by atoms with Gasteiger partial charge in [0.05, 0.1) is 12.5 Å². The van der Waals surface area contributed by atoms with Crippen molar-refractivity contribution < 1.29 is 9.90 Å². The van der Waals surface area contributed by atoms with E-state index in [1.807, 2.05) is 24.3 Å². The van der Waals surface area contributed by atoms with Crippen molar-refractivity contribution in [3.05, 3.63) is 35.4 Å². The molecule has 0 bridgehead atoms. The summed E-state index contributed by atoms with van der Waals surface area (Å²) in [6, 6.07) is 7.51. The zero-order valence-electron chi connectivity index (χ0n) is 6.97. The second kappa shape index (κ2) is 3.01. The van der Waals surface area contributed by atoms with E-state index < -0.39 is 5.97 Å². The summed E-state index contributed by atoms with van der Waals surface area (Å²) in [5.41, 5.74) is 2.05. The summed E-state index contributed by atoms with van der Waals surface area (Å²) in [6.45, 7) is 0. The van der Waals surface area contributed by atoms with E-state index in [-0.39, 0.29) is 12.5 Å². The lowest BCUT2D eigenvalue weighted by Gasteiger charge is -2.05. The van der Waals surface area contributed by atoms with Gasteiger partial charge < -0.3 is 5.11 Å². The Morgan fingerprint density at radius 2 is 2.23 bits per heavy atom. The maximum Gasteiger partial charge on any atom is 0.305 e. The Kier molecular flexibility index (Phi) is 1.85. The van der Waals surface area contributed by atoms with Crippen molar-refractivity contribution in [2.24, 2.45) is 4.99 Å². The van der Waals surface area contributed by atoms with Crippen LogP contribution in [0.2, 0.25) is 0 Å². The van der Waals surface area contributed by atoms with Crippen molar-refractivity contribution in [2.75, 3.05) is 0 Å². The van der Waals surface area contributed by atoms with Crippen LogP contribution in [0.15, 0.2) is 29.3 Å². The van der Waals surface area contributed by atoms with E-state index >= 15 is 0 Å². The van der Waals surface area contributed by atoms with Crippen LogP contribution in [0.5, 0.6) is 0 Å². The molecule has 1 unspecified atom stereocenters. The van der Waals surface area contributed by atoms with Gasteiger partial charge in [0.25, 0.3) is 0 Å². The highest BCUT2D eigenvalue weighted by Gasteiger charge is 2.20. The Morgan fingerprint density at radius 3 is 3.00 bits per heavy atom. The number of hydrogen-bond acceptors (Lipinski definition) is 2. The highest BCUT2D eigenvalue weighted by Crippen LogP contribution is 2.28. The van der Waals surface area contributed by atoms with Gasteiger partial charge in [-0.2, -0.15) is 0 Å². The number of hydrogen-bond donors (Lipinski definition) is 1. The first-order valence-electron chi connectivity index (χ1n) is 4.11. The Bertz CT molecular complexity index is 371. The third kappa shape index (κ3) is 1.45. The van der Waals surface area contributed by atoms with Crippen molar-refractivity contribution in [1.29, 1.82) is 0 Å². The van der Waals surface area contributed by atoms with E-state index in [0.717, 1.165) is 11.1 Å². The van der Waals surface area contributed by atoms with Crippen LogP contribution in [0.25, 0.3) is 0 Å². The molecule has 0 spiro atoms. The lowest BCUT2D eigenvalue weighted by Crippen LogP contribution is -2.02.